The Kier molecular flexibility index (Phi) is 10.4. The van der Waals surface area contributed by atoms with Crippen molar-refractivity contribution in [1.82, 2.24) is 15.0 Å². The number of ether oxygens (including phenoxy) is 2. The van der Waals surface area contributed by atoms with Gasteiger partial charge in [0.1, 0.15) is 11.6 Å². The van der Waals surface area contributed by atoms with E-state index in [1.807, 2.05) is 67.6 Å². The van der Waals surface area contributed by atoms with Gasteiger partial charge >= 0.3 is 5.97 Å². The van der Waals surface area contributed by atoms with Crippen LogP contribution in [0, 0.1) is 0 Å². The highest BCUT2D eigenvalue weighted by atomic mass is 16.5. The van der Waals surface area contributed by atoms with Crippen LogP contribution >= 0.6 is 0 Å². The highest BCUT2D eigenvalue weighted by Crippen LogP contribution is 2.22. The Labute approximate surface area is 230 Å². The monoisotopic (exact) mass is 524 g/mol. The minimum Gasteiger partial charge on any atom is -0.497 e. The van der Waals surface area contributed by atoms with Gasteiger partial charge in [0.2, 0.25) is 0 Å². The van der Waals surface area contributed by atoms with Crippen molar-refractivity contribution in [3.8, 4) is 5.75 Å². The summed E-state index contributed by atoms with van der Waals surface area (Å²) in [7, 11) is 1.67. The van der Waals surface area contributed by atoms with Crippen molar-refractivity contribution in [2.75, 3.05) is 19.0 Å². The Bertz CT molecular complexity index is 1370. The van der Waals surface area contributed by atoms with Crippen LogP contribution in [0.15, 0.2) is 85.1 Å². The molecule has 202 valence electrons. The number of allylic oxidation sites excluding steroid dienone is 2. The lowest BCUT2D eigenvalue weighted by Crippen LogP contribution is -2.10. The number of hydrogen-bond acceptors (Lipinski definition) is 7. The number of pyridine rings is 1. The largest absolute Gasteiger partial charge is 0.497 e. The van der Waals surface area contributed by atoms with Gasteiger partial charge in [0.25, 0.3) is 0 Å². The van der Waals surface area contributed by atoms with Gasteiger partial charge in [-0.1, -0.05) is 42.5 Å². The molecule has 0 amide bonds. The van der Waals surface area contributed by atoms with Crippen LogP contribution < -0.4 is 10.1 Å². The smallest absolute Gasteiger partial charge is 0.306 e. The minimum atomic E-state index is -0.228. The number of para-hydroxylation sites is 2. The van der Waals surface area contributed by atoms with Gasteiger partial charge in [0.15, 0.2) is 0 Å². The number of methoxy groups -OCH3 is 1. The summed E-state index contributed by atoms with van der Waals surface area (Å²) in [6, 6.07) is 21.9. The summed E-state index contributed by atoms with van der Waals surface area (Å²) >= 11 is 0. The molecule has 0 aliphatic heterocycles. The van der Waals surface area contributed by atoms with Crippen LogP contribution in [0.25, 0.3) is 11.0 Å². The summed E-state index contributed by atoms with van der Waals surface area (Å²) in [6.45, 7) is 2.89. The molecule has 0 aliphatic carbocycles. The third kappa shape index (κ3) is 8.64. The van der Waals surface area contributed by atoms with Crippen molar-refractivity contribution in [1.29, 1.82) is 0 Å². The summed E-state index contributed by atoms with van der Waals surface area (Å²) in [5.41, 5.74) is 4.69. The van der Waals surface area contributed by atoms with Crippen LogP contribution in [0.2, 0.25) is 0 Å². The molecule has 2 heterocycles. The fourth-order valence-electron chi connectivity index (χ4n) is 4.30. The lowest BCUT2D eigenvalue weighted by Gasteiger charge is -2.12. The zero-order chi connectivity index (χ0) is 27.3. The summed E-state index contributed by atoms with van der Waals surface area (Å²) in [6.07, 6.45) is 10.1. The second-order valence-electron chi connectivity index (χ2n) is 9.29. The van der Waals surface area contributed by atoms with E-state index in [9.17, 15) is 4.79 Å². The number of anilines is 1. The minimum absolute atomic E-state index is 0.170. The van der Waals surface area contributed by atoms with Crippen molar-refractivity contribution in [2.24, 2.45) is 0 Å². The molecule has 39 heavy (non-hydrogen) atoms. The van der Waals surface area contributed by atoms with E-state index in [2.05, 4.69) is 28.5 Å². The summed E-state index contributed by atoms with van der Waals surface area (Å²) in [5.74, 6) is 1.33. The predicted molar refractivity (Wildman–Crippen MR) is 155 cm³/mol. The van der Waals surface area contributed by atoms with Crippen LogP contribution in [0.4, 0.5) is 5.82 Å². The molecule has 0 aliphatic rings. The Morgan fingerprint density at radius 2 is 1.79 bits per heavy atom. The molecule has 0 radical (unpaired) electrons. The van der Waals surface area contributed by atoms with E-state index in [0.717, 1.165) is 59.7 Å². The van der Waals surface area contributed by atoms with Gasteiger partial charge in [-0.15, -0.1) is 0 Å². The van der Waals surface area contributed by atoms with Gasteiger partial charge in [-0.2, -0.15) is 0 Å². The third-order valence-corrected chi connectivity index (χ3v) is 6.40. The van der Waals surface area contributed by atoms with Crippen molar-refractivity contribution in [3.63, 3.8) is 0 Å². The van der Waals surface area contributed by atoms with E-state index >= 15 is 0 Å². The second-order valence-corrected chi connectivity index (χ2v) is 9.29. The summed E-state index contributed by atoms with van der Waals surface area (Å²) in [5, 5.41) is 3.40. The molecule has 0 bridgehead atoms. The van der Waals surface area contributed by atoms with E-state index in [1.54, 1.807) is 13.3 Å². The molecule has 7 heteroatoms. The van der Waals surface area contributed by atoms with Gasteiger partial charge in [-0.05, 0) is 74.6 Å². The number of hydrogen-bond donors (Lipinski definition) is 1. The van der Waals surface area contributed by atoms with Crippen molar-refractivity contribution in [2.45, 2.75) is 51.5 Å². The first-order chi connectivity index (χ1) is 19.1. The Hall–Kier alpha value is -4.26. The first-order valence-corrected chi connectivity index (χ1v) is 13.5. The van der Waals surface area contributed by atoms with Crippen LogP contribution in [0.1, 0.15) is 55.5 Å². The lowest BCUT2D eigenvalue weighted by molar-refractivity contribution is -0.143. The quantitative estimate of drug-likeness (QED) is 0.112. The second kappa shape index (κ2) is 14.6. The molecule has 2 aromatic carbocycles. The fourth-order valence-corrected chi connectivity index (χ4v) is 4.30. The van der Waals surface area contributed by atoms with Crippen molar-refractivity contribution >= 4 is 22.8 Å². The predicted octanol–water partition coefficient (Wildman–Crippen LogP) is 6.65. The number of aromatic nitrogens is 3. The molecular weight excluding hydrogens is 488 g/mol. The SMILES string of the molecule is CCOC(=O)CC(C=CCCCCc1cccc(NCc2ccc(OC)cc2)n1)c1cnc2ccccc2n1. The molecular formula is C32H36N4O3. The average Bonchev–Trinajstić information content (AvgIpc) is 2.97. The van der Waals surface area contributed by atoms with Crippen molar-refractivity contribution in [3.05, 3.63) is 102 Å². The standard InChI is InChI=1S/C32H36N4O3/c1-3-39-32(37)21-25(30-23-33-28-14-8-9-15-29(28)36-30)11-6-4-5-7-12-26-13-10-16-31(35-26)34-22-24-17-19-27(38-2)20-18-24/h6,8-11,13-20,23,25H,3-5,7,12,21-22H2,1-2H3,(H,34,35). The number of rotatable bonds is 14. The van der Waals surface area contributed by atoms with E-state index < -0.39 is 0 Å². The molecule has 1 atom stereocenters. The molecule has 7 nitrogen and oxygen atoms in total. The van der Waals surface area contributed by atoms with Gasteiger partial charge in [0, 0.05) is 24.4 Å². The number of aryl methyl sites for hydroxylation is 1. The number of carbonyl (C=O) groups is 1. The van der Waals surface area contributed by atoms with E-state index in [0.29, 0.717) is 13.2 Å². The maximum Gasteiger partial charge on any atom is 0.306 e. The van der Waals surface area contributed by atoms with Crippen LogP contribution in [-0.2, 0) is 22.5 Å². The number of esters is 1. The van der Waals surface area contributed by atoms with Crippen LogP contribution in [0.5, 0.6) is 5.75 Å². The fraction of sp³-hybridized carbons (Fsp3) is 0.312. The van der Waals surface area contributed by atoms with Crippen LogP contribution in [-0.4, -0.2) is 34.6 Å². The summed E-state index contributed by atoms with van der Waals surface area (Å²) < 4.78 is 10.4. The maximum atomic E-state index is 12.2. The highest BCUT2D eigenvalue weighted by Gasteiger charge is 2.16. The highest BCUT2D eigenvalue weighted by molar-refractivity contribution is 5.74. The number of unbranched alkanes of at least 4 members (excludes halogenated alkanes) is 2. The molecule has 0 saturated heterocycles. The zero-order valence-corrected chi connectivity index (χ0v) is 22.7. The molecule has 4 aromatic rings. The first kappa shape index (κ1) is 27.8. The molecule has 0 saturated carbocycles. The Morgan fingerprint density at radius 3 is 2.59 bits per heavy atom. The third-order valence-electron chi connectivity index (χ3n) is 6.40. The topological polar surface area (TPSA) is 86.2 Å². The summed E-state index contributed by atoms with van der Waals surface area (Å²) in [4.78, 5) is 26.3. The Morgan fingerprint density at radius 1 is 0.974 bits per heavy atom. The molecule has 4 rings (SSSR count). The average molecular weight is 525 g/mol. The number of nitrogens with one attached hydrogen (secondary N) is 1. The van der Waals surface area contributed by atoms with Gasteiger partial charge in [-0.25, -0.2) is 9.97 Å². The number of nitrogens with zero attached hydrogens (tertiary/aromatic N) is 3. The van der Waals surface area contributed by atoms with Gasteiger partial charge in [0.05, 0.1) is 36.9 Å². The van der Waals surface area contributed by atoms with E-state index in [4.69, 9.17) is 19.4 Å². The molecule has 1 unspecified atom stereocenters. The van der Waals surface area contributed by atoms with E-state index in [1.165, 1.54) is 5.56 Å². The molecule has 0 spiro atoms. The van der Waals surface area contributed by atoms with Gasteiger partial charge in [-0.3, -0.25) is 9.78 Å². The van der Waals surface area contributed by atoms with Gasteiger partial charge < -0.3 is 14.8 Å². The number of benzene rings is 2. The van der Waals surface area contributed by atoms with Crippen LogP contribution in [0.3, 0.4) is 0 Å². The van der Waals surface area contributed by atoms with E-state index in [-0.39, 0.29) is 18.3 Å². The normalized spacial score (nSPS) is 11.9. The van der Waals surface area contributed by atoms with Crippen molar-refractivity contribution < 1.29 is 14.3 Å². The lowest BCUT2D eigenvalue weighted by atomic mass is 10.00. The Balaban J connectivity index is 1.27. The maximum absolute atomic E-state index is 12.2. The molecule has 2 aromatic heterocycles. The first-order valence-electron chi connectivity index (χ1n) is 13.5. The number of carbonyl (C=O) groups excluding carboxylic acids is 1. The molecule has 0 fully saturated rings. The zero-order valence-electron chi connectivity index (χ0n) is 22.7. The molecule has 1 N–H and O–H groups in total. The number of fused-ring (bicyclic) bond motifs is 1.